The zero-order valence-electron chi connectivity index (χ0n) is 13.6. The fourth-order valence-electron chi connectivity index (χ4n) is 3.35. The van der Waals surface area contributed by atoms with Gasteiger partial charge in [0.15, 0.2) is 0 Å². The Morgan fingerprint density at radius 1 is 1.17 bits per heavy atom. The zero-order chi connectivity index (χ0) is 16.6. The Labute approximate surface area is 138 Å². The number of benzene rings is 1. The second-order valence-electron chi connectivity index (χ2n) is 6.68. The number of hydrogen-bond donors (Lipinski definition) is 1. The summed E-state index contributed by atoms with van der Waals surface area (Å²) < 4.78 is 31.5. The van der Waals surface area contributed by atoms with Crippen molar-refractivity contribution in [2.75, 3.05) is 13.1 Å². The van der Waals surface area contributed by atoms with E-state index in [0.29, 0.717) is 13.0 Å². The quantitative estimate of drug-likeness (QED) is 0.861. The maximum absolute atomic E-state index is 12.8. The molecule has 2 atom stereocenters. The van der Waals surface area contributed by atoms with E-state index < -0.39 is 15.7 Å². The number of rotatable bonds is 4. The fourth-order valence-corrected chi connectivity index (χ4v) is 4.67. The van der Waals surface area contributed by atoms with Crippen LogP contribution >= 0.6 is 0 Å². The van der Waals surface area contributed by atoms with Gasteiger partial charge in [-0.15, -0.1) is 0 Å². The number of allylic oxidation sites excluding steroid dienone is 3. The van der Waals surface area contributed by atoms with Crippen LogP contribution in [-0.4, -0.2) is 27.1 Å². The van der Waals surface area contributed by atoms with Crippen LogP contribution in [0.15, 0.2) is 53.5 Å². The molecule has 1 saturated heterocycles. The van der Waals surface area contributed by atoms with E-state index in [1.165, 1.54) is 0 Å². The van der Waals surface area contributed by atoms with Gasteiger partial charge in [0, 0.05) is 12.0 Å². The first kappa shape index (κ1) is 16.4. The molecule has 0 saturated carbocycles. The molecule has 1 aromatic rings. The summed E-state index contributed by atoms with van der Waals surface area (Å²) in [5, 5.41) is 3.27. The summed E-state index contributed by atoms with van der Waals surface area (Å²) in [5.41, 5.74) is -0.0745. The highest BCUT2D eigenvalue weighted by atomic mass is 32.2. The van der Waals surface area contributed by atoms with E-state index in [0.717, 1.165) is 18.5 Å². The molecule has 4 nitrogen and oxygen atoms in total. The Bertz CT molecular complexity index is 728. The molecule has 1 aromatic carbocycles. The molecule has 5 heteroatoms. The second-order valence-corrected chi connectivity index (χ2v) is 8.23. The van der Waals surface area contributed by atoms with Crippen molar-refractivity contribution < 1.29 is 12.6 Å². The minimum absolute atomic E-state index is 0.216. The molecule has 0 bridgehead atoms. The first-order valence-corrected chi connectivity index (χ1v) is 9.35. The molecule has 1 aliphatic carbocycles. The topological polar surface area (TPSA) is 55.4 Å². The molecule has 3 rings (SSSR count). The van der Waals surface area contributed by atoms with E-state index in [1.54, 1.807) is 24.3 Å². The third-order valence-electron chi connectivity index (χ3n) is 4.99. The smallest absolute Gasteiger partial charge is 0.297 e. The highest BCUT2D eigenvalue weighted by molar-refractivity contribution is 7.86. The summed E-state index contributed by atoms with van der Waals surface area (Å²) in [5.74, 6) is 0. The van der Waals surface area contributed by atoms with Crippen molar-refractivity contribution >= 4 is 10.1 Å². The maximum Gasteiger partial charge on any atom is 0.297 e. The van der Waals surface area contributed by atoms with Gasteiger partial charge in [0.25, 0.3) is 10.1 Å². The van der Waals surface area contributed by atoms with E-state index in [-0.39, 0.29) is 10.3 Å². The van der Waals surface area contributed by atoms with Crippen molar-refractivity contribution in [3.63, 3.8) is 0 Å². The monoisotopic (exact) mass is 333 g/mol. The van der Waals surface area contributed by atoms with Crippen LogP contribution in [-0.2, 0) is 14.3 Å². The maximum atomic E-state index is 12.8. The Hall–Kier alpha value is -1.43. The van der Waals surface area contributed by atoms with E-state index in [1.807, 2.05) is 19.1 Å². The Balaban J connectivity index is 1.95. The van der Waals surface area contributed by atoms with Crippen LogP contribution in [0.25, 0.3) is 0 Å². The summed E-state index contributed by atoms with van der Waals surface area (Å²) in [6.45, 7) is 5.30. The van der Waals surface area contributed by atoms with Crippen LogP contribution in [0.3, 0.4) is 0 Å². The van der Waals surface area contributed by atoms with Crippen LogP contribution in [0.4, 0.5) is 0 Å². The molecule has 0 radical (unpaired) electrons. The summed E-state index contributed by atoms with van der Waals surface area (Å²) in [6, 6.07) is 6.81. The average Bonchev–Trinajstić information content (AvgIpc) is 2.98. The lowest BCUT2D eigenvalue weighted by Crippen LogP contribution is -2.50. The largest absolute Gasteiger partial charge is 0.314 e. The van der Waals surface area contributed by atoms with Gasteiger partial charge in [-0.3, -0.25) is 4.18 Å². The third-order valence-corrected chi connectivity index (χ3v) is 6.38. The van der Waals surface area contributed by atoms with E-state index >= 15 is 0 Å². The van der Waals surface area contributed by atoms with E-state index in [2.05, 4.69) is 24.4 Å². The van der Waals surface area contributed by atoms with E-state index in [9.17, 15) is 8.42 Å². The highest BCUT2D eigenvalue weighted by Crippen LogP contribution is 2.46. The third kappa shape index (κ3) is 3.01. The first-order chi connectivity index (χ1) is 10.9. The lowest BCUT2D eigenvalue weighted by Gasteiger charge is -2.43. The number of nitrogens with one attached hydrogen (secondary N) is 1. The molecule has 0 spiro atoms. The minimum Gasteiger partial charge on any atom is -0.314 e. The predicted molar refractivity (Wildman–Crippen MR) is 90.7 cm³/mol. The average molecular weight is 333 g/mol. The van der Waals surface area contributed by atoms with Gasteiger partial charge in [-0.2, -0.15) is 8.42 Å². The Morgan fingerprint density at radius 3 is 2.48 bits per heavy atom. The lowest BCUT2D eigenvalue weighted by molar-refractivity contribution is -0.00156. The highest BCUT2D eigenvalue weighted by Gasteiger charge is 2.52. The normalized spacial score (nSPS) is 30.7. The van der Waals surface area contributed by atoms with Crippen molar-refractivity contribution in [3.8, 4) is 0 Å². The van der Waals surface area contributed by atoms with Gasteiger partial charge in [-0.25, -0.2) is 0 Å². The molecule has 0 amide bonds. The van der Waals surface area contributed by atoms with Crippen LogP contribution in [0.1, 0.15) is 25.3 Å². The molecule has 1 unspecified atom stereocenters. The fraction of sp³-hybridized carbons (Fsp3) is 0.444. The van der Waals surface area contributed by atoms with Gasteiger partial charge in [0.1, 0.15) is 5.60 Å². The Morgan fingerprint density at radius 2 is 1.91 bits per heavy atom. The van der Waals surface area contributed by atoms with Gasteiger partial charge in [-0.1, -0.05) is 48.9 Å². The van der Waals surface area contributed by atoms with Crippen LogP contribution in [0.2, 0.25) is 0 Å². The molecule has 1 aliphatic heterocycles. The number of aryl methyl sites for hydroxylation is 1. The summed E-state index contributed by atoms with van der Waals surface area (Å²) in [7, 11) is -3.80. The standard InChI is InChI=1S/C18H23NO3S/c1-15-6-8-16(9-7-15)23(20,21)22-18(12-13-19-14-18)17(2)10-4-3-5-11-17/h3-10,19H,11-14H2,1-2H3/t17?,18-/m1/s1. The van der Waals surface area contributed by atoms with Crippen molar-refractivity contribution in [2.24, 2.45) is 5.41 Å². The Kier molecular flexibility index (Phi) is 4.21. The minimum atomic E-state index is -3.80. The van der Waals surface area contributed by atoms with Crippen molar-refractivity contribution in [1.82, 2.24) is 5.32 Å². The SMILES string of the molecule is Cc1ccc(S(=O)(=O)O[C@]2(C3(C)C=CC=CC3)CCNC2)cc1. The number of hydrogen-bond acceptors (Lipinski definition) is 4. The van der Waals surface area contributed by atoms with Crippen LogP contribution in [0, 0.1) is 12.3 Å². The van der Waals surface area contributed by atoms with Crippen LogP contribution in [0.5, 0.6) is 0 Å². The summed E-state index contributed by atoms with van der Waals surface area (Å²) in [6.07, 6.45) is 9.56. The van der Waals surface area contributed by atoms with Crippen molar-refractivity contribution in [3.05, 3.63) is 54.1 Å². The molecular weight excluding hydrogens is 310 g/mol. The molecule has 2 aliphatic rings. The molecule has 124 valence electrons. The molecule has 23 heavy (non-hydrogen) atoms. The molecule has 1 fully saturated rings. The lowest BCUT2D eigenvalue weighted by atomic mass is 9.69. The first-order valence-electron chi connectivity index (χ1n) is 7.94. The molecule has 1 N–H and O–H groups in total. The van der Waals surface area contributed by atoms with Crippen LogP contribution < -0.4 is 5.32 Å². The molecule has 0 aromatic heterocycles. The predicted octanol–water partition coefficient (Wildman–Crippen LogP) is 2.95. The van der Waals surface area contributed by atoms with Gasteiger partial charge in [0.05, 0.1) is 4.90 Å². The summed E-state index contributed by atoms with van der Waals surface area (Å²) in [4.78, 5) is 0.216. The van der Waals surface area contributed by atoms with E-state index in [4.69, 9.17) is 4.18 Å². The van der Waals surface area contributed by atoms with Crippen molar-refractivity contribution in [1.29, 1.82) is 0 Å². The summed E-state index contributed by atoms with van der Waals surface area (Å²) >= 11 is 0. The van der Waals surface area contributed by atoms with Gasteiger partial charge >= 0.3 is 0 Å². The zero-order valence-corrected chi connectivity index (χ0v) is 14.4. The van der Waals surface area contributed by atoms with Gasteiger partial charge in [-0.05, 0) is 38.4 Å². The van der Waals surface area contributed by atoms with Gasteiger partial charge < -0.3 is 5.32 Å². The molecule has 1 heterocycles. The molecular formula is C18H23NO3S. The van der Waals surface area contributed by atoms with Crippen molar-refractivity contribution in [2.45, 2.75) is 37.2 Å². The van der Waals surface area contributed by atoms with Gasteiger partial charge in [0.2, 0.25) is 0 Å². The second kappa shape index (κ2) is 5.89.